The summed E-state index contributed by atoms with van der Waals surface area (Å²) < 4.78 is 0. The predicted molar refractivity (Wildman–Crippen MR) is 381 cm³/mol. The van der Waals surface area contributed by atoms with Crippen molar-refractivity contribution in [2.45, 2.75) is 0 Å². The zero-order valence-electron chi connectivity index (χ0n) is 50.6. The minimum absolute atomic E-state index is 0.0749. The van der Waals surface area contributed by atoms with Crippen molar-refractivity contribution in [2.24, 2.45) is 0 Å². The van der Waals surface area contributed by atoms with E-state index in [1.165, 1.54) is 62.0 Å². The second-order valence-corrected chi connectivity index (χ2v) is 22.4. The lowest BCUT2D eigenvalue weighted by Crippen LogP contribution is -2.10. The number of nitro groups is 2. The summed E-state index contributed by atoms with van der Waals surface area (Å²) >= 11 is 0. The topological polar surface area (TPSA) is 99.2 Å². The first-order chi connectivity index (χ1) is 45.1. The van der Waals surface area contributed by atoms with Gasteiger partial charge < -0.3 is 19.6 Å². The molecule has 14 aromatic carbocycles. The SMILES string of the molecule is CN(c1ccc(-c2ccc(N(c3ccc(-c4ccccc4)cc3)c3ccc4ccccc4c3)cc2)cc1)c1ccc([N+](=O)[O-])cc1.CN(c1ccc(-c2ccc(N(c3ccc(-c4ccccc4)cc3)c3ccc4ccccc4c3)cc2)cc1)c1cccc([N+](=O)[O-])c1. The fourth-order valence-corrected chi connectivity index (χ4v) is 11.7. The van der Waals surface area contributed by atoms with Gasteiger partial charge in [-0.2, -0.15) is 0 Å². The number of hydrogen-bond acceptors (Lipinski definition) is 8. The summed E-state index contributed by atoms with van der Waals surface area (Å²) in [4.78, 5) is 30.1. The number of non-ortho nitro benzene ring substituents is 2. The monoisotopic (exact) mass is 1190 g/mol. The number of nitro benzene ring substituents is 2. The van der Waals surface area contributed by atoms with Gasteiger partial charge in [-0.3, -0.25) is 20.2 Å². The highest BCUT2D eigenvalue weighted by atomic mass is 16.6. The van der Waals surface area contributed by atoms with Gasteiger partial charge in [0, 0.05) is 95.2 Å². The number of nitrogens with zero attached hydrogens (tertiary/aromatic N) is 6. The fourth-order valence-electron chi connectivity index (χ4n) is 11.7. The van der Waals surface area contributed by atoms with Crippen LogP contribution < -0.4 is 19.6 Å². The maximum absolute atomic E-state index is 11.2. The standard InChI is InChI=1S/2C41H31N3O2/c1-42(39-12-7-13-41(29-39)44(45)46)36-21-14-33(15-22-36)34-18-25-38(26-19-34)43(40-27-20-31-10-5-6-11-35(31)28-40)37-23-16-32(17-24-37)30-8-3-2-4-9-30;1-42(37-25-27-40(28-26-37)44(45)46)36-18-11-33(12-19-36)34-15-22-39(23-16-34)43(41-24-17-31-9-5-6-10-35(31)29-41)38-20-13-32(14-21-38)30-7-3-2-4-8-30/h2*2-29H,1H3. The molecule has 10 heteroatoms. The Balaban J connectivity index is 0.000000168. The molecule has 0 radical (unpaired) electrons. The van der Waals surface area contributed by atoms with Crippen molar-refractivity contribution in [3.05, 3.63) is 360 Å². The molecule has 0 aliphatic rings. The molecule has 0 aliphatic heterocycles. The van der Waals surface area contributed by atoms with Crippen LogP contribution in [0.2, 0.25) is 0 Å². The molecule has 0 amide bonds. The van der Waals surface area contributed by atoms with Crippen molar-refractivity contribution >= 4 is 89.8 Å². The molecule has 0 saturated carbocycles. The van der Waals surface area contributed by atoms with Crippen LogP contribution in [0.4, 0.5) is 68.2 Å². The van der Waals surface area contributed by atoms with E-state index in [0.29, 0.717) is 0 Å². The molecule has 0 aliphatic carbocycles. The van der Waals surface area contributed by atoms with Gasteiger partial charge >= 0.3 is 0 Å². The van der Waals surface area contributed by atoms with Gasteiger partial charge in [0.1, 0.15) is 0 Å². The number of fused-ring (bicyclic) bond motifs is 2. The van der Waals surface area contributed by atoms with E-state index in [9.17, 15) is 20.2 Å². The molecule has 0 spiro atoms. The van der Waals surface area contributed by atoms with Crippen LogP contribution in [0.1, 0.15) is 0 Å². The van der Waals surface area contributed by atoms with E-state index >= 15 is 0 Å². The van der Waals surface area contributed by atoms with E-state index in [0.717, 1.165) is 79.1 Å². The van der Waals surface area contributed by atoms with Gasteiger partial charge in [0.05, 0.1) is 9.85 Å². The molecule has 10 nitrogen and oxygen atoms in total. The number of benzene rings is 14. The summed E-state index contributed by atoms with van der Waals surface area (Å²) in [6, 6.07) is 116. The number of hydrogen-bond donors (Lipinski definition) is 0. The third kappa shape index (κ3) is 12.9. The van der Waals surface area contributed by atoms with Crippen LogP contribution in [-0.2, 0) is 0 Å². The second kappa shape index (κ2) is 26.5. The molecular formula is C82H62N6O4. The summed E-state index contributed by atoms with van der Waals surface area (Å²) in [5.74, 6) is 0. The molecule has 92 heavy (non-hydrogen) atoms. The van der Waals surface area contributed by atoms with E-state index < -0.39 is 0 Å². The third-order valence-corrected chi connectivity index (χ3v) is 16.8. The van der Waals surface area contributed by atoms with E-state index in [4.69, 9.17) is 0 Å². The summed E-state index contributed by atoms with van der Waals surface area (Å²) in [6.45, 7) is 0. The summed E-state index contributed by atoms with van der Waals surface area (Å²) in [5.41, 5.74) is 19.4. The molecule has 14 rings (SSSR count). The van der Waals surface area contributed by atoms with Crippen LogP contribution in [0.5, 0.6) is 0 Å². The average molecular weight is 1200 g/mol. The van der Waals surface area contributed by atoms with Gasteiger partial charge in [-0.25, -0.2) is 0 Å². The Hall–Kier alpha value is -12.4. The van der Waals surface area contributed by atoms with Gasteiger partial charge in [0.15, 0.2) is 0 Å². The van der Waals surface area contributed by atoms with Crippen molar-refractivity contribution in [2.75, 3.05) is 33.7 Å². The van der Waals surface area contributed by atoms with Gasteiger partial charge in [-0.05, 0) is 181 Å². The van der Waals surface area contributed by atoms with Crippen LogP contribution in [0, 0.1) is 20.2 Å². The quantitative estimate of drug-likeness (QED) is 0.0697. The molecule has 0 heterocycles. The highest BCUT2D eigenvalue weighted by Crippen LogP contribution is 2.41. The molecule has 0 fully saturated rings. The Bertz CT molecular complexity index is 4860. The largest absolute Gasteiger partial charge is 0.345 e. The molecule has 0 N–H and O–H groups in total. The van der Waals surface area contributed by atoms with Crippen LogP contribution in [0.15, 0.2) is 340 Å². The van der Waals surface area contributed by atoms with E-state index in [1.807, 2.05) is 54.2 Å². The van der Waals surface area contributed by atoms with Crippen molar-refractivity contribution in [1.82, 2.24) is 0 Å². The Morgan fingerprint density at radius 3 is 0.826 bits per heavy atom. The van der Waals surface area contributed by atoms with Crippen LogP contribution in [-0.4, -0.2) is 23.9 Å². The van der Waals surface area contributed by atoms with Gasteiger partial charge in [0.25, 0.3) is 11.4 Å². The Morgan fingerprint density at radius 1 is 0.217 bits per heavy atom. The first-order valence-corrected chi connectivity index (χ1v) is 30.3. The van der Waals surface area contributed by atoms with Gasteiger partial charge in [0.2, 0.25) is 0 Å². The Labute approximate surface area is 535 Å². The lowest BCUT2D eigenvalue weighted by Gasteiger charge is -2.26. The Morgan fingerprint density at radius 2 is 0.489 bits per heavy atom. The molecule has 14 aromatic rings. The summed E-state index contributed by atoms with van der Waals surface area (Å²) in [5, 5.41) is 27.1. The minimum atomic E-state index is -0.382. The van der Waals surface area contributed by atoms with Gasteiger partial charge in [-0.15, -0.1) is 0 Å². The third-order valence-electron chi connectivity index (χ3n) is 16.8. The molecule has 0 unspecified atom stereocenters. The molecule has 0 saturated heterocycles. The highest BCUT2D eigenvalue weighted by molar-refractivity contribution is 5.92. The van der Waals surface area contributed by atoms with Gasteiger partial charge in [-0.1, -0.05) is 200 Å². The molecule has 0 bridgehead atoms. The first-order valence-electron chi connectivity index (χ1n) is 30.3. The van der Waals surface area contributed by atoms with Crippen molar-refractivity contribution in [3.63, 3.8) is 0 Å². The normalized spacial score (nSPS) is 10.9. The lowest BCUT2D eigenvalue weighted by molar-refractivity contribution is -0.385. The maximum atomic E-state index is 11.2. The van der Waals surface area contributed by atoms with Crippen LogP contribution in [0.25, 0.3) is 66.1 Å². The van der Waals surface area contributed by atoms with E-state index in [2.05, 4.69) is 277 Å². The number of rotatable bonds is 16. The van der Waals surface area contributed by atoms with Crippen molar-refractivity contribution in [1.29, 1.82) is 0 Å². The highest BCUT2D eigenvalue weighted by Gasteiger charge is 2.18. The maximum Gasteiger partial charge on any atom is 0.271 e. The molecule has 0 atom stereocenters. The zero-order valence-corrected chi connectivity index (χ0v) is 50.6. The van der Waals surface area contributed by atoms with Crippen molar-refractivity contribution in [3.8, 4) is 44.5 Å². The predicted octanol–water partition coefficient (Wildman–Crippen LogP) is 22.6. The number of anilines is 10. The fraction of sp³-hybridized carbons (Fsp3) is 0.0244. The van der Waals surface area contributed by atoms with Crippen LogP contribution >= 0.6 is 0 Å². The molecule has 0 aromatic heterocycles. The lowest BCUT2D eigenvalue weighted by atomic mass is 10.0. The first kappa shape index (κ1) is 58.6. The second-order valence-electron chi connectivity index (χ2n) is 22.4. The van der Waals surface area contributed by atoms with E-state index in [1.54, 1.807) is 24.3 Å². The Kier molecular flexibility index (Phi) is 16.9. The zero-order chi connectivity index (χ0) is 62.9. The minimum Gasteiger partial charge on any atom is -0.345 e. The average Bonchev–Trinajstić information content (AvgIpc) is 0.882. The smallest absolute Gasteiger partial charge is 0.271 e. The summed E-state index contributed by atoms with van der Waals surface area (Å²) in [7, 11) is 3.87. The molecular weight excluding hydrogens is 1130 g/mol. The van der Waals surface area contributed by atoms with Crippen molar-refractivity contribution < 1.29 is 9.85 Å². The van der Waals surface area contributed by atoms with Crippen LogP contribution in [0.3, 0.4) is 0 Å². The summed E-state index contributed by atoms with van der Waals surface area (Å²) in [6.07, 6.45) is 0. The molecule has 444 valence electrons. The van der Waals surface area contributed by atoms with E-state index in [-0.39, 0.29) is 21.2 Å².